The fourth-order valence-corrected chi connectivity index (χ4v) is 3.97. The van der Waals surface area contributed by atoms with Crippen LogP contribution in [0.4, 0.5) is 8.78 Å². The van der Waals surface area contributed by atoms with Gasteiger partial charge >= 0.3 is 5.97 Å². The number of alkyl halides is 2. The van der Waals surface area contributed by atoms with Crippen LogP contribution in [0.15, 0.2) is 10.3 Å². The number of carboxylic acids is 1. The van der Waals surface area contributed by atoms with E-state index in [0.717, 1.165) is 5.38 Å². The fraction of sp³-hybridized carbons (Fsp3) is 0.600. The molecule has 6 nitrogen and oxygen atoms in total. The third kappa shape index (κ3) is 2.67. The molecular formula is C10H12F2N2O4S2. The van der Waals surface area contributed by atoms with Crippen molar-refractivity contribution in [1.29, 1.82) is 0 Å². The normalized spacial score (nSPS) is 24.6. The third-order valence-electron chi connectivity index (χ3n) is 3.37. The van der Waals surface area contributed by atoms with Gasteiger partial charge in [-0.1, -0.05) is 6.92 Å². The van der Waals surface area contributed by atoms with Crippen LogP contribution in [0.25, 0.3) is 0 Å². The van der Waals surface area contributed by atoms with Crippen molar-refractivity contribution < 1.29 is 27.1 Å². The summed E-state index contributed by atoms with van der Waals surface area (Å²) in [5.41, 5.74) is -1.75. The molecule has 0 amide bonds. The van der Waals surface area contributed by atoms with Gasteiger partial charge in [0.2, 0.25) is 10.0 Å². The summed E-state index contributed by atoms with van der Waals surface area (Å²) >= 11 is 0.703. The highest BCUT2D eigenvalue weighted by Gasteiger charge is 2.67. The van der Waals surface area contributed by atoms with Gasteiger partial charge in [0.15, 0.2) is 5.69 Å². The van der Waals surface area contributed by atoms with Crippen molar-refractivity contribution in [2.75, 3.05) is 6.54 Å². The molecule has 1 aliphatic carbocycles. The van der Waals surface area contributed by atoms with E-state index in [-0.39, 0.29) is 19.4 Å². The molecule has 20 heavy (non-hydrogen) atoms. The van der Waals surface area contributed by atoms with Crippen LogP contribution in [0, 0.1) is 5.41 Å². The van der Waals surface area contributed by atoms with Crippen LogP contribution in [-0.2, 0) is 10.0 Å². The topological polar surface area (TPSA) is 96.4 Å². The molecule has 2 rings (SSSR count). The van der Waals surface area contributed by atoms with Crippen LogP contribution in [0.3, 0.4) is 0 Å². The molecule has 0 aromatic carbocycles. The minimum Gasteiger partial charge on any atom is -0.476 e. The summed E-state index contributed by atoms with van der Waals surface area (Å²) in [5, 5.41) is 9.90. The first kappa shape index (κ1) is 15.3. The summed E-state index contributed by atoms with van der Waals surface area (Å²) in [4.78, 5) is 10.4. The number of rotatable bonds is 6. The number of carbonyl (C=O) groups is 1. The van der Waals surface area contributed by atoms with E-state index >= 15 is 0 Å². The van der Waals surface area contributed by atoms with E-state index in [2.05, 4.69) is 9.10 Å². The lowest BCUT2D eigenvalue weighted by Gasteiger charge is -2.10. The number of halogens is 2. The number of aromatic nitrogens is 1. The SMILES string of the molecule is CC1(CCNS(=O)(=O)c2csnc2C(=O)O)CC1(F)F. The molecule has 1 heterocycles. The predicted molar refractivity (Wildman–Crippen MR) is 66.5 cm³/mol. The first-order valence-corrected chi connectivity index (χ1v) is 7.96. The monoisotopic (exact) mass is 326 g/mol. The van der Waals surface area contributed by atoms with Gasteiger partial charge in [0.05, 0.1) is 0 Å². The van der Waals surface area contributed by atoms with Crippen LogP contribution < -0.4 is 4.72 Å². The molecule has 1 fully saturated rings. The van der Waals surface area contributed by atoms with Crippen LogP contribution >= 0.6 is 11.5 Å². The lowest BCUT2D eigenvalue weighted by molar-refractivity contribution is 0.0673. The van der Waals surface area contributed by atoms with Crippen molar-refractivity contribution in [2.45, 2.75) is 30.6 Å². The quantitative estimate of drug-likeness (QED) is 0.827. The van der Waals surface area contributed by atoms with Gasteiger partial charge in [-0.15, -0.1) is 0 Å². The van der Waals surface area contributed by atoms with Crippen LogP contribution in [-0.4, -0.2) is 36.3 Å². The van der Waals surface area contributed by atoms with Crippen LogP contribution in [0.2, 0.25) is 0 Å². The van der Waals surface area contributed by atoms with Crippen molar-refractivity contribution in [3.05, 3.63) is 11.1 Å². The minimum atomic E-state index is -4.05. The van der Waals surface area contributed by atoms with E-state index in [1.54, 1.807) is 0 Å². The van der Waals surface area contributed by atoms with Gasteiger partial charge in [-0.05, 0) is 18.0 Å². The maximum Gasteiger partial charge on any atom is 0.357 e. The highest BCUT2D eigenvalue weighted by molar-refractivity contribution is 7.89. The predicted octanol–water partition coefficient (Wildman–Crippen LogP) is 1.56. The smallest absolute Gasteiger partial charge is 0.357 e. The molecule has 0 spiro atoms. The molecule has 1 aromatic heterocycles. The molecule has 0 saturated heterocycles. The Kier molecular flexibility index (Phi) is 3.59. The Morgan fingerprint density at radius 1 is 1.60 bits per heavy atom. The van der Waals surface area contributed by atoms with E-state index in [9.17, 15) is 22.0 Å². The van der Waals surface area contributed by atoms with Crippen molar-refractivity contribution in [3.8, 4) is 0 Å². The maximum absolute atomic E-state index is 13.0. The number of nitrogens with zero attached hydrogens (tertiary/aromatic N) is 1. The van der Waals surface area contributed by atoms with Gasteiger partial charge in [-0.25, -0.2) is 26.7 Å². The molecule has 0 radical (unpaired) electrons. The van der Waals surface area contributed by atoms with Gasteiger partial charge in [-0.2, -0.15) is 4.37 Å². The Labute approximate surface area is 118 Å². The minimum absolute atomic E-state index is 0.0147. The summed E-state index contributed by atoms with van der Waals surface area (Å²) in [6.07, 6.45) is -0.276. The Hall–Kier alpha value is -1.13. The highest BCUT2D eigenvalue weighted by atomic mass is 32.2. The summed E-state index contributed by atoms with van der Waals surface area (Å²) in [7, 11) is -4.05. The van der Waals surface area contributed by atoms with E-state index in [0.29, 0.717) is 11.5 Å². The van der Waals surface area contributed by atoms with Crippen molar-refractivity contribution >= 4 is 27.5 Å². The first-order valence-electron chi connectivity index (χ1n) is 5.64. The summed E-state index contributed by atoms with van der Waals surface area (Å²) in [6.45, 7) is 1.21. The zero-order chi connectivity index (χ0) is 15.2. The van der Waals surface area contributed by atoms with Gasteiger partial charge < -0.3 is 5.11 Å². The van der Waals surface area contributed by atoms with Gasteiger partial charge in [-0.3, -0.25) is 0 Å². The van der Waals surface area contributed by atoms with Gasteiger partial charge in [0, 0.05) is 23.8 Å². The first-order chi connectivity index (χ1) is 9.09. The molecule has 2 N–H and O–H groups in total. The van der Waals surface area contributed by atoms with E-state index in [4.69, 9.17) is 5.11 Å². The fourth-order valence-electron chi connectivity index (χ4n) is 1.82. The van der Waals surface area contributed by atoms with Crippen molar-refractivity contribution in [3.63, 3.8) is 0 Å². The molecule has 10 heteroatoms. The Balaban J connectivity index is 2.02. The lowest BCUT2D eigenvalue weighted by Crippen LogP contribution is -2.28. The molecule has 1 aliphatic rings. The van der Waals surface area contributed by atoms with E-state index in [1.807, 2.05) is 0 Å². The van der Waals surface area contributed by atoms with Crippen LogP contribution in [0.5, 0.6) is 0 Å². The average Bonchev–Trinajstić information content (AvgIpc) is 2.68. The third-order valence-corrected chi connectivity index (χ3v) is 5.62. The van der Waals surface area contributed by atoms with Crippen molar-refractivity contribution in [1.82, 2.24) is 9.10 Å². The van der Waals surface area contributed by atoms with Crippen LogP contribution in [0.1, 0.15) is 30.3 Å². The zero-order valence-electron chi connectivity index (χ0n) is 10.4. The molecule has 1 saturated carbocycles. The number of carboxylic acid groups (broad SMARTS) is 1. The van der Waals surface area contributed by atoms with Crippen molar-refractivity contribution in [2.24, 2.45) is 5.41 Å². The second-order valence-corrected chi connectivity index (χ2v) is 7.29. The highest BCUT2D eigenvalue weighted by Crippen LogP contribution is 2.62. The average molecular weight is 326 g/mol. The number of hydrogen-bond acceptors (Lipinski definition) is 5. The number of sulfonamides is 1. The molecule has 1 unspecified atom stereocenters. The molecule has 0 bridgehead atoms. The molecular weight excluding hydrogens is 314 g/mol. The Morgan fingerprint density at radius 3 is 2.70 bits per heavy atom. The molecule has 1 atom stereocenters. The summed E-state index contributed by atoms with van der Waals surface area (Å²) in [6, 6.07) is 0. The number of aromatic carboxylic acids is 1. The molecule has 0 aliphatic heterocycles. The van der Waals surface area contributed by atoms with E-state index in [1.165, 1.54) is 6.92 Å². The standard InChI is InChI=1S/C10H12F2N2O4S2/c1-9(5-10(9,11)12)2-3-13-20(17,18)6-4-19-14-7(6)8(15)16/h4,13H,2-3,5H2,1H3,(H,15,16). The van der Waals surface area contributed by atoms with Gasteiger partial charge in [0.25, 0.3) is 5.92 Å². The largest absolute Gasteiger partial charge is 0.476 e. The van der Waals surface area contributed by atoms with E-state index < -0.39 is 37.9 Å². The Morgan fingerprint density at radius 2 is 2.20 bits per heavy atom. The van der Waals surface area contributed by atoms with Gasteiger partial charge in [0.1, 0.15) is 4.90 Å². The zero-order valence-corrected chi connectivity index (χ0v) is 12.0. The maximum atomic E-state index is 13.0. The summed E-state index contributed by atoms with van der Waals surface area (Å²) in [5.74, 6) is -4.21. The number of hydrogen-bond donors (Lipinski definition) is 2. The number of nitrogens with one attached hydrogen (secondary N) is 1. The Bertz CT molecular complexity index is 643. The lowest BCUT2D eigenvalue weighted by atomic mass is 10.1. The second kappa shape index (κ2) is 4.71. The summed E-state index contributed by atoms with van der Waals surface area (Å²) < 4.78 is 55.4. The second-order valence-electron chi connectivity index (χ2n) is 4.92. The molecule has 112 valence electrons. The molecule has 1 aromatic rings.